The molecule has 0 N–H and O–H groups in total. The van der Waals surface area contributed by atoms with E-state index in [0.717, 1.165) is 29.5 Å². The number of pyridine rings is 1. The fraction of sp³-hybridized carbons (Fsp3) is 0.400. The highest BCUT2D eigenvalue weighted by Crippen LogP contribution is 2.25. The summed E-state index contributed by atoms with van der Waals surface area (Å²) in [7, 11) is 0. The topological polar surface area (TPSA) is 22.1 Å². The number of hydrogen-bond donors (Lipinski definition) is 0. The van der Waals surface area contributed by atoms with Crippen LogP contribution in [0.5, 0.6) is 5.88 Å². The van der Waals surface area contributed by atoms with Crippen LogP contribution in [0.3, 0.4) is 0 Å². The van der Waals surface area contributed by atoms with Gasteiger partial charge in [0.15, 0.2) is 0 Å². The first-order chi connectivity index (χ1) is 8.85. The van der Waals surface area contributed by atoms with Crippen LogP contribution in [0, 0.1) is 0 Å². The van der Waals surface area contributed by atoms with Crippen LogP contribution in [0.1, 0.15) is 31.9 Å². The van der Waals surface area contributed by atoms with Gasteiger partial charge in [0.25, 0.3) is 0 Å². The summed E-state index contributed by atoms with van der Waals surface area (Å²) in [6.07, 6.45) is 3.45. The van der Waals surface area contributed by atoms with Crippen molar-refractivity contribution in [2.75, 3.05) is 6.61 Å². The van der Waals surface area contributed by atoms with Crippen molar-refractivity contribution in [3.63, 3.8) is 0 Å². The van der Waals surface area contributed by atoms with Gasteiger partial charge in [0.1, 0.15) is 0 Å². The van der Waals surface area contributed by atoms with Gasteiger partial charge in [-0.3, -0.25) is 0 Å². The molecule has 2 aromatic rings. The Kier molecular flexibility index (Phi) is 4.82. The molecule has 0 amide bonds. The second kappa shape index (κ2) is 6.60. The highest BCUT2D eigenvalue weighted by Gasteiger charge is 2.06. The van der Waals surface area contributed by atoms with E-state index in [4.69, 9.17) is 16.3 Å². The molecule has 3 heteroatoms. The molecular weight excluding hydrogens is 246 g/mol. The van der Waals surface area contributed by atoms with E-state index >= 15 is 0 Å². The molecule has 1 aromatic heterocycles. The molecule has 2 rings (SSSR count). The lowest BCUT2D eigenvalue weighted by Crippen LogP contribution is -2.01. The number of fused-ring (bicyclic) bond motifs is 1. The Morgan fingerprint density at radius 1 is 1.22 bits per heavy atom. The molecular formula is C15H18ClNO. The molecule has 0 bridgehead atoms. The average molecular weight is 264 g/mol. The summed E-state index contributed by atoms with van der Waals surface area (Å²) in [5.74, 6) is 1.12. The van der Waals surface area contributed by atoms with Crippen LogP contribution in [-0.2, 0) is 5.88 Å². The van der Waals surface area contributed by atoms with Crippen LogP contribution in [0.25, 0.3) is 10.8 Å². The van der Waals surface area contributed by atoms with Gasteiger partial charge in [-0.15, -0.1) is 11.6 Å². The molecule has 0 aliphatic rings. The normalized spacial score (nSPS) is 10.8. The number of alkyl halides is 1. The summed E-state index contributed by atoms with van der Waals surface area (Å²) in [6, 6.07) is 10.1. The molecule has 1 heterocycles. The Morgan fingerprint density at radius 2 is 2.06 bits per heavy atom. The minimum Gasteiger partial charge on any atom is -0.477 e. The van der Waals surface area contributed by atoms with Gasteiger partial charge in [-0.1, -0.05) is 38.0 Å². The van der Waals surface area contributed by atoms with E-state index in [9.17, 15) is 0 Å². The van der Waals surface area contributed by atoms with Crippen molar-refractivity contribution in [3.8, 4) is 5.88 Å². The third kappa shape index (κ3) is 3.14. The standard InChI is InChI=1S/C15H18ClNO/c1-2-3-6-9-18-15-14-8-5-4-7-12(14)10-13(11-16)17-15/h4-5,7-8,10H,2-3,6,9,11H2,1H3. The van der Waals surface area contributed by atoms with Crippen molar-refractivity contribution >= 4 is 22.4 Å². The van der Waals surface area contributed by atoms with Gasteiger partial charge in [-0.2, -0.15) is 0 Å². The molecule has 0 atom stereocenters. The van der Waals surface area contributed by atoms with Gasteiger partial charge in [0.2, 0.25) is 5.88 Å². The Labute approximate surface area is 113 Å². The van der Waals surface area contributed by atoms with Crippen molar-refractivity contribution in [2.24, 2.45) is 0 Å². The molecule has 18 heavy (non-hydrogen) atoms. The lowest BCUT2D eigenvalue weighted by atomic mass is 10.1. The van der Waals surface area contributed by atoms with E-state index in [1.54, 1.807) is 0 Å². The minimum absolute atomic E-state index is 0.413. The summed E-state index contributed by atoms with van der Waals surface area (Å²) < 4.78 is 5.79. The van der Waals surface area contributed by atoms with Crippen molar-refractivity contribution < 1.29 is 4.74 Å². The van der Waals surface area contributed by atoms with Crippen LogP contribution in [0.15, 0.2) is 30.3 Å². The minimum atomic E-state index is 0.413. The van der Waals surface area contributed by atoms with E-state index in [1.807, 2.05) is 24.3 Å². The maximum Gasteiger partial charge on any atom is 0.221 e. The van der Waals surface area contributed by atoms with Crippen molar-refractivity contribution in [3.05, 3.63) is 36.0 Å². The molecule has 0 saturated heterocycles. The summed E-state index contributed by atoms with van der Waals surface area (Å²) >= 11 is 5.86. The monoisotopic (exact) mass is 263 g/mol. The Hall–Kier alpha value is -1.28. The second-order valence-corrected chi connectivity index (χ2v) is 4.60. The molecule has 1 aromatic carbocycles. The van der Waals surface area contributed by atoms with Crippen LogP contribution in [0.2, 0.25) is 0 Å². The highest BCUT2D eigenvalue weighted by molar-refractivity contribution is 6.17. The molecule has 0 spiro atoms. The zero-order chi connectivity index (χ0) is 12.8. The summed E-state index contributed by atoms with van der Waals surface area (Å²) in [4.78, 5) is 4.46. The van der Waals surface area contributed by atoms with Crippen LogP contribution in [-0.4, -0.2) is 11.6 Å². The number of ether oxygens (including phenoxy) is 1. The fourth-order valence-electron chi connectivity index (χ4n) is 1.92. The molecule has 0 fully saturated rings. The van der Waals surface area contributed by atoms with E-state index in [2.05, 4.69) is 18.0 Å². The second-order valence-electron chi connectivity index (χ2n) is 4.33. The van der Waals surface area contributed by atoms with Gasteiger partial charge in [-0.25, -0.2) is 4.98 Å². The number of aromatic nitrogens is 1. The summed E-state index contributed by atoms with van der Waals surface area (Å²) in [5.41, 5.74) is 0.862. The Morgan fingerprint density at radius 3 is 2.83 bits per heavy atom. The molecule has 0 saturated carbocycles. The lowest BCUT2D eigenvalue weighted by Gasteiger charge is -2.09. The number of unbranched alkanes of at least 4 members (excludes halogenated alkanes) is 2. The third-order valence-electron chi connectivity index (χ3n) is 2.88. The SMILES string of the molecule is CCCCCOc1nc(CCl)cc2ccccc12. The quantitative estimate of drug-likeness (QED) is 0.564. The number of halogens is 1. The van der Waals surface area contributed by atoms with Crippen molar-refractivity contribution in [1.82, 2.24) is 4.98 Å². The third-order valence-corrected chi connectivity index (χ3v) is 3.16. The Bertz CT molecular complexity index is 513. The van der Waals surface area contributed by atoms with Gasteiger partial charge in [-0.05, 0) is 23.9 Å². The van der Waals surface area contributed by atoms with E-state index in [-0.39, 0.29) is 0 Å². The Balaban J connectivity index is 2.23. The molecule has 0 unspecified atom stereocenters. The molecule has 0 radical (unpaired) electrons. The fourth-order valence-corrected chi connectivity index (χ4v) is 2.06. The first-order valence-corrected chi connectivity index (χ1v) is 6.96. The van der Waals surface area contributed by atoms with Crippen LogP contribution in [0.4, 0.5) is 0 Å². The van der Waals surface area contributed by atoms with Crippen LogP contribution < -0.4 is 4.74 Å². The molecule has 0 aliphatic heterocycles. The van der Waals surface area contributed by atoms with E-state index < -0.39 is 0 Å². The molecule has 0 aliphatic carbocycles. The largest absolute Gasteiger partial charge is 0.477 e. The number of benzene rings is 1. The first-order valence-electron chi connectivity index (χ1n) is 6.42. The van der Waals surface area contributed by atoms with Crippen molar-refractivity contribution in [2.45, 2.75) is 32.1 Å². The van der Waals surface area contributed by atoms with Gasteiger partial charge in [0.05, 0.1) is 18.2 Å². The lowest BCUT2D eigenvalue weighted by molar-refractivity contribution is 0.298. The number of rotatable bonds is 6. The molecule has 96 valence electrons. The first kappa shape index (κ1) is 13.2. The van der Waals surface area contributed by atoms with Gasteiger partial charge < -0.3 is 4.74 Å². The van der Waals surface area contributed by atoms with Gasteiger partial charge in [0, 0.05) is 5.39 Å². The maximum absolute atomic E-state index is 5.86. The zero-order valence-corrected chi connectivity index (χ0v) is 11.4. The zero-order valence-electron chi connectivity index (χ0n) is 10.7. The van der Waals surface area contributed by atoms with E-state index in [1.165, 1.54) is 12.8 Å². The number of nitrogens with zero attached hydrogens (tertiary/aromatic N) is 1. The summed E-state index contributed by atoms with van der Waals surface area (Å²) in [5, 5.41) is 2.19. The van der Waals surface area contributed by atoms with Crippen molar-refractivity contribution in [1.29, 1.82) is 0 Å². The highest BCUT2D eigenvalue weighted by atomic mass is 35.5. The summed E-state index contributed by atoms with van der Waals surface area (Å²) in [6.45, 7) is 2.90. The molecule has 2 nitrogen and oxygen atoms in total. The van der Waals surface area contributed by atoms with Gasteiger partial charge >= 0.3 is 0 Å². The van der Waals surface area contributed by atoms with Crippen LogP contribution >= 0.6 is 11.6 Å². The smallest absolute Gasteiger partial charge is 0.221 e. The average Bonchev–Trinajstić information content (AvgIpc) is 2.43. The maximum atomic E-state index is 5.86. The predicted octanol–water partition coefficient (Wildman–Crippen LogP) is 4.54. The number of hydrogen-bond acceptors (Lipinski definition) is 2. The predicted molar refractivity (Wildman–Crippen MR) is 76.3 cm³/mol. The van der Waals surface area contributed by atoms with E-state index in [0.29, 0.717) is 11.8 Å².